The number of benzene rings is 1. The van der Waals surface area contributed by atoms with E-state index in [1.807, 2.05) is 11.0 Å². The number of hydrogen-bond acceptors (Lipinski definition) is 3. The molecule has 5 heteroatoms. The minimum atomic E-state index is -0.141. The Kier molecular flexibility index (Phi) is 4.43. The summed E-state index contributed by atoms with van der Waals surface area (Å²) in [5.74, 6) is 0.0938. The van der Waals surface area contributed by atoms with Gasteiger partial charge < -0.3 is 9.80 Å². The van der Waals surface area contributed by atoms with E-state index in [0.29, 0.717) is 13.0 Å². The second-order valence-corrected chi connectivity index (χ2v) is 6.26. The first-order valence-corrected chi connectivity index (χ1v) is 7.92. The second-order valence-electron chi connectivity index (χ2n) is 6.26. The van der Waals surface area contributed by atoms with Crippen LogP contribution in [0, 0.1) is 5.92 Å². The van der Waals surface area contributed by atoms with Crippen LogP contribution in [-0.2, 0) is 16.1 Å². The van der Waals surface area contributed by atoms with E-state index in [2.05, 4.69) is 29.2 Å². The quantitative estimate of drug-likeness (QED) is 0.830. The van der Waals surface area contributed by atoms with Gasteiger partial charge in [0, 0.05) is 52.7 Å². The molecule has 0 unspecified atom stereocenters. The number of carbonyl (C=O) groups is 2. The van der Waals surface area contributed by atoms with Gasteiger partial charge in [-0.1, -0.05) is 30.3 Å². The fourth-order valence-corrected chi connectivity index (χ4v) is 3.26. The smallest absolute Gasteiger partial charge is 0.228 e. The van der Waals surface area contributed by atoms with Crippen LogP contribution in [0.15, 0.2) is 30.3 Å². The molecule has 2 saturated heterocycles. The monoisotopic (exact) mass is 301 g/mol. The van der Waals surface area contributed by atoms with Gasteiger partial charge in [0.25, 0.3) is 0 Å². The molecule has 1 aromatic rings. The van der Waals surface area contributed by atoms with Gasteiger partial charge >= 0.3 is 0 Å². The summed E-state index contributed by atoms with van der Waals surface area (Å²) in [6, 6.07) is 10.4. The third-order valence-corrected chi connectivity index (χ3v) is 4.62. The van der Waals surface area contributed by atoms with Crippen molar-refractivity contribution in [2.24, 2.45) is 5.92 Å². The lowest BCUT2D eigenvalue weighted by atomic mass is 10.1. The zero-order valence-electron chi connectivity index (χ0n) is 13.1. The molecule has 1 aromatic carbocycles. The first-order valence-electron chi connectivity index (χ1n) is 7.92. The zero-order valence-corrected chi connectivity index (χ0v) is 13.1. The van der Waals surface area contributed by atoms with E-state index in [1.54, 1.807) is 11.9 Å². The maximum atomic E-state index is 12.5. The van der Waals surface area contributed by atoms with E-state index in [9.17, 15) is 9.59 Å². The van der Waals surface area contributed by atoms with Gasteiger partial charge in [-0.05, 0) is 5.56 Å². The zero-order chi connectivity index (χ0) is 15.5. The Bertz CT molecular complexity index is 538. The molecule has 2 fully saturated rings. The van der Waals surface area contributed by atoms with Gasteiger partial charge in [0.15, 0.2) is 0 Å². The molecular weight excluding hydrogens is 278 g/mol. The highest BCUT2D eigenvalue weighted by molar-refractivity contribution is 5.89. The molecule has 0 aromatic heterocycles. The number of likely N-dealkylation sites (tertiary alicyclic amines) is 1. The highest BCUT2D eigenvalue weighted by Gasteiger charge is 2.35. The third kappa shape index (κ3) is 3.30. The molecule has 0 saturated carbocycles. The van der Waals surface area contributed by atoms with Crippen molar-refractivity contribution in [3.05, 3.63) is 35.9 Å². The van der Waals surface area contributed by atoms with Crippen LogP contribution in [0.4, 0.5) is 0 Å². The fourth-order valence-electron chi connectivity index (χ4n) is 3.26. The normalized spacial score (nSPS) is 23.1. The summed E-state index contributed by atoms with van der Waals surface area (Å²) >= 11 is 0. The molecule has 0 radical (unpaired) electrons. The molecule has 2 aliphatic rings. The van der Waals surface area contributed by atoms with Gasteiger partial charge in [-0.2, -0.15) is 0 Å². The van der Waals surface area contributed by atoms with E-state index >= 15 is 0 Å². The predicted molar refractivity (Wildman–Crippen MR) is 84.0 cm³/mol. The van der Waals surface area contributed by atoms with Crippen molar-refractivity contribution in [2.45, 2.75) is 13.0 Å². The summed E-state index contributed by atoms with van der Waals surface area (Å²) in [6.07, 6.45) is 0.375. The third-order valence-electron chi connectivity index (χ3n) is 4.62. The van der Waals surface area contributed by atoms with Crippen LogP contribution in [0.3, 0.4) is 0 Å². The maximum absolute atomic E-state index is 12.5. The number of amides is 2. The van der Waals surface area contributed by atoms with Crippen molar-refractivity contribution in [1.29, 1.82) is 0 Å². The summed E-state index contributed by atoms with van der Waals surface area (Å²) in [4.78, 5) is 30.0. The lowest BCUT2D eigenvalue weighted by Gasteiger charge is -2.35. The molecule has 0 aliphatic carbocycles. The minimum absolute atomic E-state index is 0.0843. The summed E-state index contributed by atoms with van der Waals surface area (Å²) in [6.45, 7) is 4.84. The van der Waals surface area contributed by atoms with Crippen molar-refractivity contribution in [2.75, 3.05) is 39.8 Å². The first kappa shape index (κ1) is 15.0. The van der Waals surface area contributed by atoms with E-state index in [4.69, 9.17) is 0 Å². The summed E-state index contributed by atoms with van der Waals surface area (Å²) in [7, 11) is 1.77. The summed E-state index contributed by atoms with van der Waals surface area (Å²) in [5, 5.41) is 0. The molecule has 2 heterocycles. The average molecular weight is 301 g/mol. The maximum Gasteiger partial charge on any atom is 0.228 e. The van der Waals surface area contributed by atoms with Crippen molar-refractivity contribution < 1.29 is 9.59 Å². The molecule has 1 atom stereocenters. The topological polar surface area (TPSA) is 43.9 Å². The SMILES string of the molecule is CN1C[C@H](C(=O)N2CCN(Cc3ccccc3)CC2)CC1=O. The lowest BCUT2D eigenvalue weighted by molar-refractivity contribution is -0.137. The predicted octanol–water partition coefficient (Wildman–Crippen LogP) is 0.809. The van der Waals surface area contributed by atoms with Crippen LogP contribution in [0.2, 0.25) is 0 Å². The van der Waals surface area contributed by atoms with Crippen LogP contribution < -0.4 is 0 Å². The Labute approximate surface area is 131 Å². The van der Waals surface area contributed by atoms with Gasteiger partial charge in [-0.3, -0.25) is 14.5 Å². The van der Waals surface area contributed by atoms with Crippen LogP contribution in [0.25, 0.3) is 0 Å². The van der Waals surface area contributed by atoms with Crippen molar-refractivity contribution >= 4 is 11.8 Å². The van der Waals surface area contributed by atoms with Crippen molar-refractivity contribution in [1.82, 2.24) is 14.7 Å². The van der Waals surface area contributed by atoms with E-state index in [1.165, 1.54) is 5.56 Å². The number of piperazine rings is 1. The largest absolute Gasteiger partial charge is 0.345 e. The molecule has 5 nitrogen and oxygen atoms in total. The summed E-state index contributed by atoms with van der Waals surface area (Å²) in [5.41, 5.74) is 1.31. The van der Waals surface area contributed by atoms with Crippen LogP contribution in [-0.4, -0.2) is 66.3 Å². The van der Waals surface area contributed by atoms with Crippen LogP contribution in [0.1, 0.15) is 12.0 Å². The van der Waals surface area contributed by atoms with Crippen LogP contribution in [0.5, 0.6) is 0 Å². The molecule has 0 bridgehead atoms. The Hall–Kier alpha value is -1.88. The highest BCUT2D eigenvalue weighted by atomic mass is 16.2. The van der Waals surface area contributed by atoms with Gasteiger partial charge in [0.05, 0.1) is 5.92 Å². The van der Waals surface area contributed by atoms with Gasteiger partial charge in [0.1, 0.15) is 0 Å². The van der Waals surface area contributed by atoms with E-state index in [-0.39, 0.29) is 17.7 Å². The van der Waals surface area contributed by atoms with Crippen molar-refractivity contribution in [3.63, 3.8) is 0 Å². The number of nitrogens with zero attached hydrogens (tertiary/aromatic N) is 3. The Morgan fingerprint density at radius 1 is 1.14 bits per heavy atom. The van der Waals surface area contributed by atoms with Crippen molar-refractivity contribution in [3.8, 4) is 0 Å². The van der Waals surface area contributed by atoms with Gasteiger partial charge in [-0.15, -0.1) is 0 Å². The van der Waals surface area contributed by atoms with Crippen LogP contribution >= 0.6 is 0 Å². The fraction of sp³-hybridized carbons (Fsp3) is 0.529. The molecule has 2 aliphatic heterocycles. The molecule has 0 spiro atoms. The number of carbonyl (C=O) groups excluding carboxylic acids is 2. The average Bonchev–Trinajstić information content (AvgIpc) is 2.88. The molecule has 22 heavy (non-hydrogen) atoms. The molecule has 118 valence electrons. The van der Waals surface area contributed by atoms with E-state index < -0.39 is 0 Å². The molecule has 3 rings (SSSR count). The molecule has 2 amide bonds. The highest BCUT2D eigenvalue weighted by Crippen LogP contribution is 2.19. The number of hydrogen-bond donors (Lipinski definition) is 0. The number of rotatable bonds is 3. The Balaban J connectivity index is 1.49. The molecule has 0 N–H and O–H groups in total. The van der Waals surface area contributed by atoms with Gasteiger partial charge in [0.2, 0.25) is 11.8 Å². The molecular formula is C17H23N3O2. The second kappa shape index (κ2) is 6.48. The minimum Gasteiger partial charge on any atom is -0.345 e. The van der Waals surface area contributed by atoms with E-state index in [0.717, 1.165) is 32.7 Å². The summed E-state index contributed by atoms with van der Waals surface area (Å²) < 4.78 is 0. The standard InChI is InChI=1S/C17H23N3O2/c1-18-13-15(11-16(18)21)17(22)20-9-7-19(8-10-20)12-14-5-3-2-4-6-14/h2-6,15H,7-13H2,1H3/t15-/m1/s1. The lowest BCUT2D eigenvalue weighted by Crippen LogP contribution is -2.50. The Morgan fingerprint density at radius 3 is 2.41 bits per heavy atom. The first-order chi connectivity index (χ1) is 10.6. The van der Waals surface area contributed by atoms with Gasteiger partial charge in [-0.25, -0.2) is 0 Å². The Morgan fingerprint density at radius 2 is 1.82 bits per heavy atom.